The van der Waals surface area contributed by atoms with Crippen LogP contribution in [0.2, 0.25) is 5.02 Å². The van der Waals surface area contributed by atoms with E-state index in [9.17, 15) is 0 Å². The Balaban J connectivity index is 2.13. The maximum absolute atomic E-state index is 6.08. The van der Waals surface area contributed by atoms with Crippen molar-refractivity contribution in [1.82, 2.24) is 0 Å². The van der Waals surface area contributed by atoms with Gasteiger partial charge >= 0.3 is 0 Å². The lowest BCUT2D eigenvalue weighted by Gasteiger charge is -2.13. The van der Waals surface area contributed by atoms with Crippen LogP contribution in [-0.2, 0) is 6.54 Å². The molecule has 0 radical (unpaired) electrons. The number of hydrogen-bond donors (Lipinski definition) is 1. The average molecular weight is 371 g/mol. The molecular formula is C16H17BrClNO2. The van der Waals surface area contributed by atoms with E-state index in [0.29, 0.717) is 18.2 Å². The molecule has 0 saturated heterocycles. The van der Waals surface area contributed by atoms with E-state index in [1.54, 1.807) is 7.11 Å². The van der Waals surface area contributed by atoms with Crippen LogP contribution in [-0.4, -0.2) is 13.7 Å². The van der Waals surface area contributed by atoms with Crippen LogP contribution in [0.15, 0.2) is 40.9 Å². The Morgan fingerprint density at radius 1 is 1.19 bits per heavy atom. The molecule has 21 heavy (non-hydrogen) atoms. The van der Waals surface area contributed by atoms with Crippen LogP contribution >= 0.6 is 27.5 Å². The Kier molecular flexibility index (Phi) is 5.76. The Hall–Kier alpha value is -1.39. The summed E-state index contributed by atoms with van der Waals surface area (Å²) in [4.78, 5) is 0. The minimum Gasteiger partial charge on any atom is -0.493 e. The minimum atomic E-state index is 0.604. The summed E-state index contributed by atoms with van der Waals surface area (Å²) in [6, 6.07) is 11.6. The summed E-state index contributed by atoms with van der Waals surface area (Å²) in [5.74, 6) is 1.49. The van der Waals surface area contributed by atoms with Crippen molar-refractivity contribution >= 4 is 33.2 Å². The summed E-state index contributed by atoms with van der Waals surface area (Å²) in [6.07, 6.45) is 0. The standard InChI is InChI=1S/C16H17BrClNO2/c1-3-21-15-9-11(7-8-14(15)20-2)10-19-13-6-4-5-12(18)16(13)17/h4-9,19H,3,10H2,1-2H3. The van der Waals surface area contributed by atoms with Gasteiger partial charge in [0.1, 0.15) is 0 Å². The van der Waals surface area contributed by atoms with E-state index in [4.69, 9.17) is 21.1 Å². The molecule has 2 aromatic carbocycles. The number of ether oxygens (including phenoxy) is 2. The van der Waals surface area contributed by atoms with Gasteiger partial charge in [0.15, 0.2) is 11.5 Å². The highest BCUT2D eigenvalue weighted by molar-refractivity contribution is 9.10. The number of methoxy groups -OCH3 is 1. The van der Waals surface area contributed by atoms with Crippen molar-refractivity contribution in [2.45, 2.75) is 13.5 Å². The molecule has 0 aliphatic rings. The number of hydrogen-bond acceptors (Lipinski definition) is 3. The van der Waals surface area contributed by atoms with Crippen LogP contribution in [0, 0.1) is 0 Å². The fourth-order valence-corrected chi connectivity index (χ4v) is 2.52. The van der Waals surface area contributed by atoms with Gasteiger partial charge in [0.25, 0.3) is 0 Å². The van der Waals surface area contributed by atoms with Crippen LogP contribution in [0.3, 0.4) is 0 Å². The normalized spacial score (nSPS) is 10.3. The molecule has 112 valence electrons. The molecule has 1 N–H and O–H groups in total. The molecule has 2 rings (SSSR count). The molecule has 0 aliphatic carbocycles. The first-order valence-corrected chi connectivity index (χ1v) is 7.80. The summed E-state index contributed by atoms with van der Waals surface area (Å²) >= 11 is 9.55. The van der Waals surface area contributed by atoms with E-state index in [2.05, 4.69) is 21.2 Å². The zero-order valence-electron chi connectivity index (χ0n) is 12.0. The second-order valence-corrected chi connectivity index (χ2v) is 5.57. The number of nitrogens with one attached hydrogen (secondary N) is 1. The molecule has 0 amide bonds. The number of rotatable bonds is 6. The summed E-state index contributed by atoms with van der Waals surface area (Å²) in [5.41, 5.74) is 2.06. The molecule has 0 aromatic heterocycles. The van der Waals surface area contributed by atoms with E-state index >= 15 is 0 Å². The Morgan fingerprint density at radius 3 is 2.71 bits per heavy atom. The van der Waals surface area contributed by atoms with E-state index in [-0.39, 0.29) is 0 Å². The molecule has 0 spiro atoms. The van der Waals surface area contributed by atoms with Gasteiger partial charge in [-0.15, -0.1) is 0 Å². The van der Waals surface area contributed by atoms with E-state index in [1.165, 1.54) is 0 Å². The molecule has 3 nitrogen and oxygen atoms in total. The topological polar surface area (TPSA) is 30.5 Å². The van der Waals surface area contributed by atoms with E-state index in [1.807, 2.05) is 43.3 Å². The molecule has 0 unspecified atom stereocenters. The molecule has 0 aliphatic heterocycles. The lowest BCUT2D eigenvalue weighted by molar-refractivity contribution is 0.310. The predicted molar refractivity (Wildman–Crippen MR) is 90.6 cm³/mol. The average Bonchev–Trinajstić information content (AvgIpc) is 2.49. The van der Waals surface area contributed by atoms with Gasteiger partial charge in [-0.2, -0.15) is 0 Å². The third kappa shape index (κ3) is 4.05. The van der Waals surface area contributed by atoms with Gasteiger partial charge < -0.3 is 14.8 Å². The van der Waals surface area contributed by atoms with Crippen molar-refractivity contribution in [3.8, 4) is 11.5 Å². The van der Waals surface area contributed by atoms with Gasteiger partial charge in [-0.05, 0) is 52.7 Å². The first kappa shape index (κ1) is 16.0. The zero-order valence-corrected chi connectivity index (χ0v) is 14.3. The molecule has 0 atom stereocenters. The van der Waals surface area contributed by atoms with Crippen LogP contribution in [0.25, 0.3) is 0 Å². The first-order chi connectivity index (χ1) is 10.2. The molecule has 0 saturated carbocycles. The van der Waals surface area contributed by atoms with Gasteiger partial charge in [0.05, 0.1) is 28.9 Å². The summed E-state index contributed by atoms with van der Waals surface area (Å²) < 4.78 is 11.7. The zero-order chi connectivity index (χ0) is 15.2. The van der Waals surface area contributed by atoms with Crippen molar-refractivity contribution in [2.24, 2.45) is 0 Å². The van der Waals surface area contributed by atoms with Crippen LogP contribution in [0.1, 0.15) is 12.5 Å². The van der Waals surface area contributed by atoms with E-state index in [0.717, 1.165) is 27.2 Å². The van der Waals surface area contributed by atoms with Gasteiger partial charge in [-0.3, -0.25) is 0 Å². The first-order valence-electron chi connectivity index (χ1n) is 6.63. The number of anilines is 1. The van der Waals surface area contributed by atoms with Gasteiger partial charge in [0, 0.05) is 6.54 Å². The fraction of sp³-hybridized carbons (Fsp3) is 0.250. The maximum Gasteiger partial charge on any atom is 0.161 e. The monoisotopic (exact) mass is 369 g/mol. The predicted octanol–water partition coefficient (Wildman–Crippen LogP) is 5.12. The molecule has 2 aromatic rings. The number of benzene rings is 2. The van der Waals surface area contributed by atoms with Crippen molar-refractivity contribution in [3.05, 3.63) is 51.5 Å². The van der Waals surface area contributed by atoms with Crippen LogP contribution in [0.4, 0.5) is 5.69 Å². The third-order valence-corrected chi connectivity index (χ3v) is 4.36. The quantitative estimate of drug-likeness (QED) is 0.765. The van der Waals surface area contributed by atoms with Crippen molar-refractivity contribution < 1.29 is 9.47 Å². The summed E-state index contributed by atoms with van der Waals surface area (Å²) in [7, 11) is 1.64. The molecule has 5 heteroatoms. The van der Waals surface area contributed by atoms with Crippen molar-refractivity contribution in [2.75, 3.05) is 19.0 Å². The molecule has 0 fully saturated rings. The number of halogens is 2. The highest BCUT2D eigenvalue weighted by Gasteiger charge is 2.07. The lowest BCUT2D eigenvalue weighted by atomic mass is 10.2. The van der Waals surface area contributed by atoms with E-state index < -0.39 is 0 Å². The smallest absolute Gasteiger partial charge is 0.161 e. The van der Waals surface area contributed by atoms with Crippen molar-refractivity contribution in [3.63, 3.8) is 0 Å². The Labute approximate surface area is 138 Å². The minimum absolute atomic E-state index is 0.604. The van der Waals surface area contributed by atoms with Gasteiger partial charge in [-0.1, -0.05) is 23.7 Å². The van der Waals surface area contributed by atoms with Crippen LogP contribution < -0.4 is 14.8 Å². The second-order valence-electron chi connectivity index (χ2n) is 4.37. The van der Waals surface area contributed by atoms with Gasteiger partial charge in [-0.25, -0.2) is 0 Å². The van der Waals surface area contributed by atoms with Gasteiger partial charge in [0.2, 0.25) is 0 Å². The highest BCUT2D eigenvalue weighted by Crippen LogP contribution is 2.31. The second kappa shape index (κ2) is 7.57. The maximum atomic E-state index is 6.08. The molecule has 0 bridgehead atoms. The molecule has 0 heterocycles. The fourth-order valence-electron chi connectivity index (χ4n) is 1.94. The van der Waals surface area contributed by atoms with Crippen LogP contribution in [0.5, 0.6) is 11.5 Å². The third-order valence-electron chi connectivity index (χ3n) is 2.96. The Morgan fingerprint density at radius 2 is 2.00 bits per heavy atom. The lowest BCUT2D eigenvalue weighted by Crippen LogP contribution is -2.02. The summed E-state index contributed by atoms with van der Waals surface area (Å²) in [5, 5.41) is 4.03. The van der Waals surface area contributed by atoms with Crippen molar-refractivity contribution in [1.29, 1.82) is 0 Å². The Bertz CT molecular complexity index is 619. The SMILES string of the molecule is CCOc1cc(CNc2cccc(Cl)c2Br)ccc1OC. The highest BCUT2D eigenvalue weighted by atomic mass is 79.9. The summed E-state index contributed by atoms with van der Waals surface area (Å²) in [6.45, 7) is 3.23. The molecular weight excluding hydrogens is 354 g/mol. The largest absolute Gasteiger partial charge is 0.493 e.